The SMILES string of the molecule is Cc1cc(C(C)(C)C)cc(C)c1CC(N)c1sccc1Br. The smallest absolute Gasteiger partial charge is 0.0442 e. The van der Waals surface area contributed by atoms with Crippen molar-refractivity contribution in [2.75, 3.05) is 0 Å². The molecule has 0 fully saturated rings. The molecule has 0 amide bonds. The molecule has 2 aromatic rings. The molecule has 0 aliphatic carbocycles. The van der Waals surface area contributed by atoms with Gasteiger partial charge in [0.05, 0.1) is 0 Å². The summed E-state index contributed by atoms with van der Waals surface area (Å²) in [6.45, 7) is 11.2. The third-order valence-electron chi connectivity index (χ3n) is 3.97. The standard InChI is InChI=1S/C18H24BrNS/c1-11-8-13(18(3,4)5)9-12(2)14(11)10-16(20)17-15(19)6-7-21-17/h6-9,16H,10,20H2,1-5H3. The van der Waals surface area contributed by atoms with Crippen LogP contribution in [0.25, 0.3) is 0 Å². The lowest BCUT2D eigenvalue weighted by atomic mass is 9.83. The van der Waals surface area contributed by atoms with Crippen molar-refractivity contribution >= 4 is 27.3 Å². The molecule has 1 aromatic carbocycles. The molecule has 1 unspecified atom stereocenters. The fourth-order valence-corrected chi connectivity index (χ4v) is 4.30. The summed E-state index contributed by atoms with van der Waals surface area (Å²) in [4.78, 5) is 1.23. The van der Waals surface area contributed by atoms with Gasteiger partial charge in [0.1, 0.15) is 0 Å². The van der Waals surface area contributed by atoms with Crippen LogP contribution in [0.4, 0.5) is 0 Å². The topological polar surface area (TPSA) is 26.0 Å². The first-order chi connectivity index (χ1) is 9.70. The highest BCUT2D eigenvalue weighted by molar-refractivity contribution is 9.10. The number of aryl methyl sites for hydroxylation is 2. The molecule has 1 nitrogen and oxygen atoms in total. The van der Waals surface area contributed by atoms with Crippen LogP contribution in [0.3, 0.4) is 0 Å². The molecule has 0 radical (unpaired) electrons. The van der Waals surface area contributed by atoms with Gasteiger partial charge in [-0.3, -0.25) is 0 Å². The number of rotatable bonds is 3. The minimum Gasteiger partial charge on any atom is -0.323 e. The molecule has 2 rings (SSSR count). The van der Waals surface area contributed by atoms with Crippen molar-refractivity contribution in [3.05, 3.63) is 55.2 Å². The van der Waals surface area contributed by atoms with E-state index in [1.807, 2.05) is 0 Å². The van der Waals surface area contributed by atoms with Crippen LogP contribution < -0.4 is 5.73 Å². The van der Waals surface area contributed by atoms with Crippen molar-refractivity contribution in [2.24, 2.45) is 5.73 Å². The van der Waals surface area contributed by atoms with Crippen LogP contribution in [0.15, 0.2) is 28.1 Å². The first-order valence-electron chi connectivity index (χ1n) is 7.29. The molecular weight excluding hydrogens is 342 g/mol. The van der Waals surface area contributed by atoms with Crippen LogP contribution >= 0.6 is 27.3 Å². The number of hydrogen-bond donors (Lipinski definition) is 1. The fraction of sp³-hybridized carbons (Fsp3) is 0.444. The average molecular weight is 366 g/mol. The number of hydrogen-bond acceptors (Lipinski definition) is 2. The lowest BCUT2D eigenvalue weighted by molar-refractivity contribution is 0.588. The summed E-state index contributed by atoms with van der Waals surface area (Å²) in [5.41, 5.74) is 12.1. The first kappa shape index (κ1) is 16.7. The van der Waals surface area contributed by atoms with Gasteiger partial charge in [-0.1, -0.05) is 32.9 Å². The van der Waals surface area contributed by atoms with Gasteiger partial charge in [0.25, 0.3) is 0 Å². The van der Waals surface area contributed by atoms with Crippen LogP contribution in [0.2, 0.25) is 0 Å². The molecule has 0 bridgehead atoms. The van der Waals surface area contributed by atoms with E-state index in [1.165, 1.54) is 27.1 Å². The summed E-state index contributed by atoms with van der Waals surface area (Å²) >= 11 is 5.31. The quantitative estimate of drug-likeness (QED) is 0.744. The van der Waals surface area contributed by atoms with E-state index in [0.717, 1.165) is 10.9 Å². The maximum atomic E-state index is 6.41. The van der Waals surface area contributed by atoms with Gasteiger partial charge in [0, 0.05) is 15.4 Å². The summed E-state index contributed by atoms with van der Waals surface area (Å²) < 4.78 is 1.13. The Labute approximate surface area is 140 Å². The third-order valence-corrected chi connectivity index (χ3v) is 5.97. The van der Waals surface area contributed by atoms with Crippen LogP contribution in [0.5, 0.6) is 0 Å². The van der Waals surface area contributed by atoms with Gasteiger partial charge >= 0.3 is 0 Å². The predicted molar refractivity (Wildman–Crippen MR) is 97.3 cm³/mol. The second-order valence-electron chi connectivity index (χ2n) is 6.78. The van der Waals surface area contributed by atoms with Gasteiger partial charge in [-0.2, -0.15) is 0 Å². The first-order valence-corrected chi connectivity index (χ1v) is 8.96. The zero-order valence-corrected chi connectivity index (χ0v) is 15.9. The highest BCUT2D eigenvalue weighted by atomic mass is 79.9. The van der Waals surface area contributed by atoms with Crippen LogP contribution in [-0.4, -0.2) is 0 Å². The van der Waals surface area contributed by atoms with Crippen molar-refractivity contribution in [1.29, 1.82) is 0 Å². The molecule has 1 aromatic heterocycles. The predicted octanol–water partition coefficient (Wildman–Crippen LogP) is 5.67. The van der Waals surface area contributed by atoms with Gasteiger partial charge < -0.3 is 5.73 Å². The van der Waals surface area contributed by atoms with Crippen molar-refractivity contribution in [2.45, 2.75) is 52.5 Å². The molecule has 114 valence electrons. The van der Waals surface area contributed by atoms with Crippen molar-refractivity contribution < 1.29 is 0 Å². The summed E-state index contributed by atoms with van der Waals surface area (Å²) in [6, 6.07) is 6.76. The maximum absolute atomic E-state index is 6.41. The number of halogens is 1. The van der Waals surface area contributed by atoms with E-state index in [0.29, 0.717) is 0 Å². The van der Waals surface area contributed by atoms with Gasteiger partial charge in [-0.05, 0) is 75.3 Å². The van der Waals surface area contributed by atoms with E-state index in [-0.39, 0.29) is 11.5 Å². The van der Waals surface area contributed by atoms with Crippen LogP contribution in [0, 0.1) is 13.8 Å². The monoisotopic (exact) mass is 365 g/mol. The van der Waals surface area contributed by atoms with Crippen molar-refractivity contribution in [3.8, 4) is 0 Å². The molecule has 0 aliphatic rings. The Morgan fingerprint density at radius 3 is 2.19 bits per heavy atom. The molecule has 3 heteroatoms. The minimum atomic E-state index is 0.0530. The zero-order chi connectivity index (χ0) is 15.8. The second-order valence-corrected chi connectivity index (χ2v) is 8.58. The van der Waals surface area contributed by atoms with E-state index >= 15 is 0 Å². The highest BCUT2D eigenvalue weighted by Gasteiger charge is 2.19. The Bertz CT molecular complexity index is 614. The molecule has 1 heterocycles. The Balaban J connectivity index is 2.31. The van der Waals surface area contributed by atoms with E-state index in [9.17, 15) is 0 Å². The minimum absolute atomic E-state index is 0.0530. The van der Waals surface area contributed by atoms with Gasteiger partial charge in [-0.25, -0.2) is 0 Å². The second kappa shape index (κ2) is 6.23. The number of nitrogens with two attached hydrogens (primary N) is 1. The normalized spacial score (nSPS) is 13.5. The fourth-order valence-electron chi connectivity index (χ4n) is 2.63. The molecule has 21 heavy (non-hydrogen) atoms. The van der Waals surface area contributed by atoms with E-state index < -0.39 is 0 Å². The summed E-state index contributed by atoms with van der Waals surface area (Å²) in [7, 11) is 0. The molecule has 2 N–H and O–H groups in total. The van der Waals surface area contributed by atoms with Gasteiger partial charge in [0.15, 0.2) is 0 Å². The van der Waals surface area contributed by atoms with E-state index in [2.05, 4.69) is 74.1 Å². The van der Waals surface area contributed by atoms with Crippen molar-refractivity contribution in [1.82, 2.24) is 0 Å². The molecule has 0 spiro atoms. The largest absolute Gasteiger partial charge is 0.323 e. The molecule has 1 atom stereocenters. The van der Waals surface area contributed by atoms with Crippen molar-refractivity contribution in [3.63, 3.8) is 0 Å². The van der Waals surface area contributed by atoms with Crippen LogP contribution in [0.1, 0.15) is 53.9 Å². The van der Waals surface area contributed by atoms with E-state index in [4.69, 9.17) is 5.73 Å². The Morgan fingerprint density at radius 2 is 1.76 bits per heavy atom. The molecular formula is C18H24BrNS. The molecule has 0 saturated carbocycles. The molecule has 0 aliphatic heterocycles. The highest BCUT2D eigenvalue weighted by Crippen LogP contribution is 2.32. The molecule has 0 saturated heterocycles. The Morgan fingerprint density at radius 1 is 1.19 bits per heavy atom. The van der Waals surface area contributed by atoms with Gasteiger partial charge in [0.2, 0.25) is 0 Å². The Kier molecular flexibility index (Phi) is 4.96. The van der Waals surface area contributed by atoms with Crippen LogP contribution in [-0.2, 0) is 11.8 Å². The lowest BCUT2D eigenvalue weighted by Gasteiger charge is -2.23. The van der Waals surface area contributed by atoms with Gasteiger partial charge in [-0.15, -0.1) is 11.3 Å². The summed E-state index contributed by atoms with van der Waals surface area (Å²) in [5, 5.41) is 2.09. The third kappa shape index (κ3) is 3.77. The number of thiophene rings is 1. The van der Waals surface area contributed by atoms with E-state index in [1.54, 1.807) is 11.3 Å². The zero-order valence-electron chi connectivity index (χ0n) is 13.5. The maximum Gasteiger partial charge on any atom is 0.0442 e. The Hall–Kier alpha value is -0.640. The average Bonchev–Trinajstić information content (AvgIpc) is 2.78. The summed E-state index contributed by atoms with van der Waals surface area (Å²) in [6.07, 6.45) is 0.890. The lowest BCUT2D eigenvalue weighted by Crippen LogP contribution is -2.16. The summed E-state index contributed by atoms with van der Waals surface area (Å²) in [5.74, 6) is 0. The number of benzene rings is 1.